The van der Waals surface area contributed by atoms with Crippen molar-refractivity contribution in [1.29, 1.82) is 0 Å². The second-order valence-electron chi connectivity index (χ2n) is 5.19. The van der Waals surface area contributed by atoms with Crippen LogP contribution in [0, 0.1) is 0 Å². The van der Waals surface area contributed by atoms with Gasteiger partial charge in [-0.05, 0) is 44.7 Å². The van der Waals surface area contributed by atoms with Crippen LogP contribution in [0.15, 0.2) is 27.8 Å². The Labute approximate surface area is 149 Å². The van der Waals surface area contributed by atoms with Crippen molar-refractivity contribution in [2.45, 2.75) is 37.5 Å². The third kappa shape index (κ3) is 5.56. The van der Waals surface area contributed by atoms with E-state index < -0.39 is 11.6 Å². The van der Waals surface area contributed by atoms with Crippen LogP contribution in [0.5, 0.6) is 11.5 Å². The molecule has 0 saturated carbocycles. The van der Waals surface area contributed by atoms with Gasteiger partial charge in [0.15, 0.2) is 5.44 Å². The average molecular weight is 368 g/mol. The molecule has 0 amide bonds. The number of ether oxygens (including phenoxy) is 4. The lowest BCUT2D eigenvalue weighted by atomic mass is 10.2. The predicted molar refractivity (Wildman–Crippen MR) is 90.9 cm³/mol. The van der Waals surface area contributed by atoms with E-state index in [0.29, 0.717) is 23.0 Å². The maximum absolute atomic E-state index is 11.5. The van der Waals surface area contributed by atoms with Crippen LogP contribution in [-0.4, -0.2) is 42.1 Å². The standard InChI is InChI=1S/C16H20N2O6S/c1-9(2)22-16(19)23-10(3)25-15-18-17-14(24-15)11-6-12(20-4)8-13(7-11)21-5/h6-10H,1-5H3/t10-/m0/s1. The highest BCUT2D eigenvalue weighted by Gasteiger charge is 2.18. The van der Waals surface area contributed by atoms with Crippen molar-refractivity contribution in [3.63, 3.8) is 0 Å². The average Bonchev–Trinajstić information content (AvgIpc) is 3.01. The molecule has 0 spiro atoms. The van der Waals surface area contributed by atoms with Gasteiger partial charge in [0.25, 0.3) is 5.22 Å². The summed E-state index contributed by atoms with van der Waals surface area (Å²) in [7, 11) is 3.12. The van der Waals surface area contributed by atoms with E-state index in [2.05, 4.69) is 10.2 Å². The van der Waals surface area contributed by atoms with Gasteiger partial charge in [-0.2, -0.15) is 0 Å². The van der Waals surface area contributed by atoms with Crippen molar-refractivity contribution < 1.29 is 28.2 Å². The number of nitrogens with zero attached hydrogens (tertiary/aromatic N) is 2. The number of methoxy groups -OCH3 is 2. The Morgan fingerprint density at radius 3 is 2.24 bits per heavy atom. The number of carbonyl (C=O) groups is 1. The smallest absolute Gasteiger partial charge is 0.497 e. The number of hydrogen-bond acceptors (Lipinski definition) is 9. The zero-order chi connectivity index (χ0) is 18.4. The summed E-state index contributed by atoms with van der Waals surface area (Å²) < 4.78 is 26.0. The van der Waals surface area contributed by atoms with Crippen LogP contribution in [0.25, 0.3) is 11.5 Å². The molecule has 25 heavy (non-hydrogen) atoms. The second-order valence-corrected chi connectivity index (χ2v) is 6.44. The molecule has 0 bridgehead atoms. The molecule has 0 aliphatic heterocycles. The van der Waals surface area contributed by atoms with Gasteiger partial charge in [-0.1, -0.05) is 0 Å². The van der Waals surface area contributed by atoms with Crippen molar-refractivity contribution in [1.82, 2.24) is 10.2 Å². The SMILES string of the molecule is COc1cc(OC)cc(-c2nnc(S[C@@H](C)OC(=O)OC(C)C)o2)c1. The van der Waals surface area contributed by atoms with Gasteiger partial charge in [0.2, 0.25) is 5.89 Å². The van der Waals surface area contributed by atoms with E-state index >= 15 is 0 Å². The largest absolute Gasteiger partial charge is 0.509 e. The van der Waals surface area contributed by atoms with E-state index in [4.69, 9.17) is 23.4 Å². The van der Waals surface area contributed by atoms with Crippen molar-refractivity contribution in [2.75, 3.05) is 14.2 Å². The number of hydrogen-bond donors (Lipinski definition) is 0. The minimum absolute atomic E-state index is 0.247. The van der Waals surface area contributed by atoms with Crippen molar-refractivity contribution in [3.8, 4) is 23.0 Å². The molecule has 1 atom stereocenters. The van der Waals surface area contributed by atoms with Crippen LogP contribution >= 0.6 is 11.8 Å². The van der Waals surface area contributed by atoms with Crippen molar-refractivity contribution in [3.05, 3.63) is 18.2 Å². The summed E-state index contributed by atoms with van der Waals surface area (Å²) in [5, 5.41) is 8.21. The minimum atomic E-state index is -0.743. The van der Waals surface area contributed by atoms with E-state index in [0.717, 1.165) is 11.8 Å². The molecule has 8 nitrogen and oxygen atoms in total. The van der Waals surface area contributed by atoms with Gasteiger partial charge in [0, 0.05) is 11.6 Å². The van der Waals surface area contributed by atoms with E-state index in [-0.39, 0.29) is 11.3 Å². The van der Waals surface area contributed by atoms with E-state index in [9.17, 15) is 4.79 Å². The first-order chi connectivity index (χ1) is 11.9. The normalized spacial score (nSPS) is 11.9. The van der Waals surface area contributed by atoms with Crippen LogP contribution in [0.2, 0.25) is 0 Å². The van der Waals surface area contributed by atoms with Crippen LogP contribution in [0.4, 0.5) is 4.79 Å². The number of rotatable bonds is 7. The number of thioether (sulfide) groups is 1. The topological polar surface area (TPSA) is 92.9 Å². The van der Waals surface area contributed by atoms with Crippen molar-refractivity contribution >= 4 is 17.9 Å². The first-order valence-corrected chi connectivity index (χ1v) is 8.40. The minimum Gasteiger partial charge on any atom is -0.497 e. The monoisotopic (exact) mass is 368 g/mol. The highest BCUT2D eigenvalue weighted by atomic mass is 32.2. The molecule has 1 heterocycles. The van der Waals surface area contributed by atoms with E-state index in [1.54, 1.807) is 53.2 Å². The first kappa shape index (κ1) is 18.9. The van der Waals surface area contributed by atoms with Gasteiger partial charge >= 0.3 is 6.16 Å². The summed E-state index contributed by atoms with van der Waals surface area (Å²) in [6.07, 6.45) is -0.991. The molecular formula is C16H20N2O6S. The fourth-order valence-electron chi connectivity index (χ4n) is 1.83. The molecule has 1 aromatic heterocycles. The number of carbonyl (C=O) groups excluding carboxylic acids is 1. The Hall–Kier alpha value is -2.42. The highest BCUT2D eigenvalue weighted by Crippen LogP contribution is 2.31. The number of aromatic nitrogens is 2. The fourth-order valence-corrected chi connectivity index (χ4v) is 2.45. The predicted octanol–water partition coefficient (Wildman–Crippen LogP) is 3.75. The molecular weight excluding hydrogens is 348 g/mol. The molecule has 2 aromatic rings. The summed E-state index contributed by atoms with van der Waals surface area (Å²) in [4.78, 5) is 11.5. The van der Waals surface area contributed by atoms with Gasteiger partial charge < -0.3 is 23.4 Å². The molecule has 2 rings (SSSR count). The van der Waals surface area contributed by atoms with Crippen LogP contribution in [0.3, 0.4) is 0 Å². The Morgan fingerprint density at radius 1 is 1.04 bits per heavy atom. The fraction of sp³-hybridized carbons (Fsp3) is 0.438. The summed E-state index contributed by atoms with van der Waals surface area (Å²) >= 11 is 1.11. The zero-order valence-corrected chi connectivity index (χ0v) is 15.5. The van der Waals surface area contributed by atoms with Gasteiger partial charge in [-0.3, -0.25) is 0 Å². The summed E-state index contributed by atoms with van der Waals surface area (Å²) in [5.74, 6) is 1.52. The summed E-state index contributed by atoms with van der Waals surface area (Å²) in [5.41, 5.74) is 0.114. The molecule has 0 radical (unpaired) electrons. The van der Waals surface area contributed by atoms with Crippen LogP contribution < -0.4 is 9.47 Å². The quantitative estimate of drug-likeness (QED) is 0.411. The van der Waals surface area contributed by atoms with Gasteiger partial charge in [0.05, 0.1) is 20.3 Å². The first-order valence-electron chi connectivity index (χ1n) is 7.52. The van der Waals surface area contributed by atoms with E-state index in [1.807, 2.05) is 0 Å². The molecule has 0 saturated heterocycles. The van der Waals surface area contributed by atoms with Crippen LogP contribution in [0.1, 0.15) is 20.8 Å². The highest BCUT2D eigenvalue weighted by molar-refractivity contribution is 7.99. The lowest BCUT2D eigenvalue weighted by Gasteiger charge is -2.12. The maximum atomic E-state index is 11.5. The third-order valence-corrected chi connectivity index (χ3v) is 3.66. The summed E-state index contributed by atoms with van der Waals surface area (Å²) in [6, 6.07) is 5.25. The second kappa shape index (κ2) is 8.61. The summed E-state index contributed by atoms with van der Waals surface area (Å²) in [6.45, 7) is 5.17. The molecule has 1 aromatic carbocycles. The van der Waals surface area contributed by atoms with Gasteiger partial charge in [-0.15, -0.1) is 10.2 Å². The molecule has 0 aliphatic carbocycles. The molecule has 9 heteroatoms. The molecule has 0 fully saturated rings. The third-order valence-electron chi connectivity index (χ3n) is 2.87. The molecule has 0 aliphatic rings. The lowest BCUT2D eigenvalue weighted by Crippen LogP contribution is -2.17. The maximum Gasteiger partial charge on any atom is 0.509 e. The Balaban J connectivity index is 2.06. The Morgan fingerprint density at radius 2 is 1.68 bits per heavy atom. The Kier molecular flexibility index (Phi) is 6.51. The molecule has 136 valence electrons. The van der Waals surface area contributed by atoms with Gasteiger partial charge in [0.1, 0.15) is 11.5 Å². The van der Waals surface area contributed by atoms with E-state index in [1.165, 1.54) is 0 Å². The molecule has 0 unspecified atom stereocenters. The Bertz CT molecular complexity index is 696. The lowest BCUT2D eigenvalue weighted by molar-refractivity contribution is 0.0310. The van der Waals surface area contributed by atoms with Crippen molar-refractivity contribution in [2.24, 2.45) is 0 Å². The number of benzene rings is 1. The van der Waals surface area contributed by atoms with Crippen LogP contribution in [-0.2, 0) is 9.47 Å². The van der Waals surface area contributed by atoms with Gasteiger partial charge in [-0.25, -0.2) is 4.79 Å². The zero-order valence-electron chi connectivity index (χ0n) is 14.6. The molecule has 0 N–H and O–H groups in total.